The fraction of sp³-hybridized carbons (Fsp3) is 0.476. The van der Waals surface area contributed by atoms with Gasteiger partial charge in [0.15, 0.2) is 0 Å². The van der Waals surface area contributed by atoms with E-state index in [-0.39, 0.29) is 16.5 Å². The predicted octanol–water partition coefficient (Wildman–Crippen LogP) is 2.29. The van der Waals surface area contributed by atoms with Gasteiger partial charge in [0, 0.05) is 58.4 Å². The molecular weight excluding hydrogens is 407 g/mol. The number of hydrogen-bond donors (Lipinski definition) is 0. The number of hydrogen-bond acceptors (Lipinski definition) is 6. The zero-order chi connectivity index (χ0) is 21.3. The smallest absolute Gasteiger partial charge is 0.258 e. The molecule has 9 heteroatoms. The number of halogens is 2. The Labute approximate surface area is 181 Å². The van der Waals surface area contributed by atoms with Gasteiger partial charge in [-0.15, -0.1) is 0 Å². The minimum absolute atomic E-state index is 0.0529. The molecule has 0 saturated carbocycles. The summed E-state index contributed by atoms with van der Waals surface area (Å²) in [5.41, 5.74) is -0.0529. The molecule has 2 aliphatic heterocycles. The molecule has 160 valence electrons. The van der Waals surface area contributed by atoms with Crippen molar-refractivity contribution in [3.05, 3.63) is 46.5 Å². The van der Waals surface area contributed by atoms with Gasteiger partial charge in [-0.1, -0.05) is 17.7 Å². The second-order valence-corrected chi connectivity index (χ2v) is 8.20. The third kappa shape index (κ3) is 4.34. The highest BCUT2D eigenvalue weighted by Crippen LogP contribution is 2.24. The van der Waals surface area contributed by atoms with Crippen molar-refractivity contribution in [2.75, 3.05) is 69.2 Å². The summed E-state index contributed by atoms with van der Waals surface area (Å²) in [5, 5.41) is 0.144. The summed E-state index contributed by atoms with van der Waals surface area (Å²) >= 11 is 6.06. The molecule has 4 rings (SSSR count). The van der Waals surface area contributed by atoms with Gasteiger partial charge in [0.05, 0.1) is 10.6 Å². The lowest BCUT2D eigenvalue weighted by molar-refractivity contribution is 0.0742. The van der Waals surface area contributed by atoms with Crippen LogP contribution < -0.4 is 9.80 Å². The predicted molar refractivity (Wildman–Crippen MR) is 116 cm³/mol. The molecule has 0 unspecified atom stereocenters. The number of aromatic nitrogens is 2. The summed E-state index contributed by atoms with van der Waals surface area (Å²) in [7, 11) is 2.13. The van der Waals surface area contributed by atoms with Crippen molar-refractivity contribution in [3.63, 3.8) is 0 Å². The maximum Gasteiger partial charge on any atom is 0.258 e. The normalized spacial score (nSPS) is 18.1. The van der Waals surface area contributed by atoms with Crippen LogP contribution in [0.1, 0.15) is 16.2 Å². The van der Waals surface area contributed by atoms with Gasteiger partial charge in [-0.25, -0.2) is 14.4 Å². The maximum absolute atomic E-state index is 14.1. The number of aryl methyl sites for hydroxylation is 1. The van der Waals surface area contributed by atoms with E-state index in [1.54, 1.807) is 4.90 Å². The zero-order valence-corrected chi connectivity index (χ0v) is 18.1. The topological polar surface area (TPSA) is 55.8 Å². The van der Waals surface area contributed by atoms with Crippen LogP contribution in [-0.4, -0.2) is 85.1 Å². The molecular formula is C21H26ClFN6O. The van der Waals surface area contributed by atoms with Crippen molar-refractivity contribution >= 4 is 29.1 Å². The molecule has 1 amide bonds. The molecule has 0 spiro atoms. The molecule has 1 aromatic heterocycles. The largest absolute Gasteiger partial charge is 0.354 e. The highest BCUT2D eigenvalue weighted by Gasteiger charge is 2.27. The van der Waals surface area contributed by atoms with Crippen molar-refractivity contribution in [2.45, 2.75) is 6.92 Å². The van der Waals surface area contributed by atoms with Crippen molar-refractivity contribution in [3.8, 4) is 0 Å². The Morgan fingerprint density at radius 3 is 2.10 bits per heavy atom. The van der Waals surface area contributed by atoms with Crippen LogP contribution in [0, 0.1) is 12.7 Å². The molecule has 0 bridgehead atoms. The molecule has 1 aromatic carbocycles. The van der Waals surface area contributed by atoms with Crippen LogP contribution in [0.2, 0.25) is 5.02 Å². The number of piperazine rings is 2. The Bertz CT molecular complexity index is 905. The summed E-state index contributed by atoms with van der Waals surface area (Å²) in [6.45, 7) is 8.02. The third-order valence-electron chi connectivity index (χ3n) is 5.71. The summed E-state index contributed by atoms with van der Waals surface area (Å²) in [5.74, 6) is 1.60. The molecule has 30 heavy (non-hydrogen) atoms. The zero-order valence-electron chi connectivity index (χ0n) is 17.3. The number of anilines is 2. The molecule has 2 saturated heterocycles. The van der Waals surface area contributed by atoms with E-state index in [0.29, 0.717) is 26.2 Å². The standard InChI is InChI=1S/C21H26ClFN6O/c1-15-24-18(27-8-6-26(2)7-9-27)14-19(25-15)28-10-12-29(13-11-28)21(30)20-16(22)4-3-5-17(20)23/h3-5,14H,6-13H2,1-2H3. The number of likely N-dealkylation sites (N-methyl/N-ethyl adjacent to an activating group) is 1. The second kappa shape index (κ2) is 8.73. The van der Waals surface area contributed by atoms with Gasteiger partial charge in [-0.2, -0.15) is 0 Å². The molecule has 0 radical (unpaired) electrons. The first kappa shape index (κ1) is 20.8. The fourth-order valence-electron chi connectivity index (χ4n) is 3.90. The molecule has 2 aromatic rings. The fourth-order valence-corrected chi connectivity index (χ4v) is 4.14. The molecule has 0 N–H and O–H groups in total. The van der Waals surface area contributed by atoms with Crippen LogP contribution in [0.4, 0.5) is 16.0 Å². The minimum atomic E-state index is -0.585. The van der Waals surface area contributed by atoms with Gasteiger partial charge in [-0.05, 0) is 26.1 Å². The Hall–Kier alpha value is -2.45. The van der Waals surface area contributed by atoms with Crippen LogP contribution in [-0.2, 0) is 0 Å². The SMILES string of the molecule is Cc1nc(N2CCN(C)CC2)cc(N2CCN(C(=O)c3c(F)cccc3Cl)CC2)n1. The summed E-state index contributed by atoms with van der Waals surface area (Å²) in [6.07, 6.45) is 0. The van der Waals surface area contributed by atoms with Crippen molar-refractivity contribution in [2.24, 2.45) is 0 Å². The van der Waals surface area contributed by atoms with E-state index in [2.05, 4.69) is 31.7 Å². The molecule has 2 fully saturated rings. The molecule has 0 atom stereocenters. The maximum atomic E-state index is 14.1. The lowest BCUT2D eigenvalue weighted by Gasteiger charge is -2.37. The first-order chi connectivity index (χ1) is 14.4. The average Bonchev–Trinajstić information content (AvgIpc) is 2.74. The molecule has 3 heterocycles. The van der Waals surface area contributed by atoms with Crippen LogP contribution >= 0.6 is 11.6 Å². The molecule has 2 aliphatic rings. The van der Waals surface area contributed by atoms with E-state index in [1.165, 1.54) is 18.2 Å². The van der Waals surface area contributed by atoms with Crippen LogP contribution in [0.25, 0.3) is 0 Å². The Morgan fingerprint density at radius 1 is 0.967 bits per heavy atom. The van der Waals surface area contributed by atoms with Crippen LogP contribution in [0.15, 0.2) is 24.3 Å². The first-order valence-corrected chi connectivity index (χ1v) is 10.6. The number of nitrogens with zero attached hydrogens (tertiary/aromatic N) is 6. The van der Waals surface area contributed by atoms with Gasteiger partial charge in [0.1, 0.15) is 23.3 Å². The Morgan fingerprint density at radius 2 is 1.53 bits per heavy atom. The number of benzene rings is 1. The van der Waals surface area contributed by atoms with Crippen molar-refractivity contribution < 1.29 is 9.18 Å². The summed E-state index contributed by atoms with van der Waals surface area (Å²) < 4.78 is 14.1. The van der Waals surface area contributed by atoms with E-state index in [4.69, 9.17) is 11.6 Å². The van der Waals surface area contributed by atoms with Crippen molar-refractivity contribution in [1.82, 2.24) is 19.8 Å². The van der Waals surface area contributed by atoms with Crippen LogP contribution in [0.3, 0.4) is 0 Å². The lowest BCUT2D eigenvalue weighted by atomic mass is 10.1. The molecule has 0 aliphatic carbocycles. The quantitative estimate of drug-likeness (QED) is 0.741. The number of carbonyl (C=O) groups is 1. The monoisotopic (exact) mass is 432 g/mol. The number of amides is 1. The minimum Gasteiger partial charge on any atom is -0.354 e. The van der Waals surface area contributed by atoms with Gasteiger partial charge in [-0.3, -0.25) is 4.79 Å². The Balaban J connectivity index is 1.45. The van der Waals surface area contributed by atoms with E-state index in [9.17, 15) is 9.18 Å². The van der Waals surface area contributed by atoms with E-state index >= 15 is 0 Å². The van der Waals surface area contributed by atoms with Crippen LogP contribution in [0.5, 0.6) is 0 Å². The number of rotatable bonds is 3. The average molecular weight is 433 g/mol. The van der Waals surface area contributed by atoms with Crippen molar-refractivity contribution in [1.29, 1.82) is 0 Å². The summed E-state index contributed by atoms with van der Waals surface area (Å²) in [4.78, 5) is 30.4. The van der Waals surface area contributed by atoms with Gasteiger partial charge >= 0.3 is 0 Å². The first-order valence-electron chi connectivity index (χ1n) is 10.2. The van der Waals surface area contributed by atoms with E-state index < -0.39 is 5.82 Å². The van der Waals surface area contributed by atoms with Gasteiger partial charge < -0.3 is 19.6 Å². The van der Waals surface area contributed by atoms with E-state index in [0.717, 1.165) is 43.6 Å². The number of carbonyl (C=O) groups excluding carboxylic acids is 1. The Kier molecular flexibility index (Phi) is 6.06. The highest BCUT2D eigenvalue weighted by atomic mass is 35.5. The van der Waals surface area contributed by atoms with Gasteiger partial charge in [0.2, 0.25) is 0 Å². The molecule has 7 nitrogen and oxygen atoms in total. The van der Waals surface area contributed by atoms with E-state index in [1.807, 2.05) is 13.0 Å². The lowest BCUT2D eigenvalue weighted by Crippen LogP contribution is -2.49. The summed E-state index contributed by atoms with van der Waals surface area (Å²) in [6, 6.07) is 6.34. The second-order valence-electron chi connectivity index (χ2n) is 7.80. The highest BCUT2D eigenvalue weighted by molar-refractivity contribution is 6.33. The van der Waals surface area contributed by atoms with Gasteiger partial charge in [0.25, 0.3) is 5.91 Å². The third-order valence-corrected chi connectivity index (χ3v) is 6.02.